The summed E-state index contributed by atoms with van der Waals surface area (Å²) in [6.07, 6.45) is 3.20. The van der Waals surface area contributed by atoms with Crippen LogP contribution in [0.3, 0.4) is 0 Å². The number of nitrogens with two attached hydrogens (primary N) is 1. The molecule has 1 atom stereocenters. The van der Waals surface area contributed by atoms with E-state index in [2.05, 4.69) is 27.7 Å². The lowest BCUT2D eigenvalue weighted by atomic mass is 9.92. The molecule has 0 bridgehead atoms. The Morgan fingerprint density at radius 3 is 2.37 bits per heavy atom. The van der Waals surface area contributed by atoms with Gasteiger partial charge in [0.25, 0.3) is 11.8 Å². The van der Waals surface area contributed by atoms with Crippen molar-refractivity contribution in [3.05, 3.63) is 130 Å². The number of amides is 3. The zero-order chi connectivity index (χ0) is 41.3. The number of aromatic nitrogens is 1. The first-order valence-electron chi connectivity index (χ1n) is 20.5. The van der Waals surface area contributed by atoms with E-state index in [-0.39, 0.29) is 31.2 Å². The molecule has 0 saturated carbocycles. The summed E-state index contributed by atoms with van der Waals surface area (Å²) in [5.41, 5.74) is 12.9. The highest BCUT2D eigenvalue weighted by Crippen LogP contribution is 2.42. The van der Waals surface area contributed by atoms with Crippen molar-refractivity contribution in [3.8, 4) is 28.5 Å². The fourth-order valence-corrected chi connectivity index (χ4v) is 8.93. The summed E-state index contributed by atoms with van der Waals surface area (Å²) in [5.74, 6) is 0.00346. The van der Waals surface area contributed by atoms with Crippen LogP contribution in [-0.2, 0) is 42.0 Å². The first kappa shape index (κ1) is 39.0. The number of anilines is 1. The van der Waals surface area contributed by atoms with Gasteiger partial charge in [-0.05, 0) is 97.0 Å². The van der Waals surface area contributed by atoms with E-state index in [0.717, 1.165) is 55.8 Å². The molecule has 3 amide bonds. The fraction of sp³-hybridized carbons (Fsp3) is 0.319. The molecule has 5 heterocycles. The summed E-state index contributed by atoms with van der Waals surface area (Å²) in [7, 11) is 0. The standard InChI is InChI=1S/C47H47N5O8/c1-30(53)60-37-14-12-35(13-15-37)51(26-31-7-6-10-33(21-31)45(48)54)47(56)40-23-42(50-16-5-4-11-41(40)50)38-24-43-44(59-29-58-43)25-39(38)46(55)52-27-34-9-3-2-8-32(34)22-36(52)28-49-17-19-57-20-18-49/h2-3,6-10,12-15,21,23-25,36H,4-5,11,16-20,22,26-29H2,1H3,(H2,48,54). The highest BCUT2D eigenvalue weighted by atomic mass is 16.7. The highest BCUT2D eigenvalue weighted by Gasteiger charge is 2.36. The van der Waals surface area contributed by atoms with Crippen LogP contribution in [0, 0.1) is 0 Å². The number of benzene rings is 4. The number of carbonyl (C=O) groups excluding carboxylic acids is 4. The number of morpholine rings is 1. The van der Waals surface area contributed by atoms with Crippen LogP contribution in [0.4, 0.5) is 5.69 Å². The average Bonchev–Trinajstić information content (AvgIpc) is 3.90. The molecule has 13 nitrogen and oxygen atoms in total. The molecule has 1 saturated heterocycles. The third-order valence-electron chi connectivity index (χ3n) is 11.9. The molecule has 1 unspecified atom stereocenters. The molecule has 1 fully saturated rings. The SMILES string of the molecule is CC(=O)Oc1ccc(N(Cc2cccc(C(N)=O)c2)C(=O)c2cc(-c3cc4c(cc3C(=O)N3Cc5ccccc5CC3CN3CCOCC3)OCO4)n3c2CCCC3)cc1. The van der Waals surface area contributed by atoms with Gasteiger partial charge < -0.3 is 39.0 Å². The highest BCUT2D eigenvalue weighted by molar-refractivity contribution is 6.09. The molecule has 0 spiro atoms. The Labute approximate surface area is 348 Å². The van der Waals surface area contributed by atoms with Crippen LogP contribution in [0.25, 0.3) is 11.3 Å². The maximum Gasteiger partial charge on any atom is 0.308 e. The molecule has 0 radical (unpaired) electrons. The minimum atomic E-state index is -0.568. The summed E-state index contributed by atoms with van der Waals surface area (Å²) in [6, 6.07) is 27.5. The molecule has 9 rings (SSSR count). The second-order valence-corrected chi connectivity index (χ2v) is 15.8. The normalized spacial score (nSPS) is 17.1. The molecule has 2 N–H and O–H groups in total. The lowest BCUT2D eigenvalue weighted by Crippen LogP contribution is -2.52. The molecular weight excluding hydrogens is 763 g/mol. The Kier molecular flexibility index (Phi) is 10.8. The van der Waals surface area contributed by atoms with Crippen molar-refractivity contribution in [2.75, 3.05) is 44.5 Å². The van der Waals surface area contributed by atoms with Crippen molar-refractivity contribution in [2.24, 2.45) is 5.73 Å². The van der Waals surface area contributed by atoms with Gasteiger partial charge in [-0.2, -0.15) is 0 Å². The Hall–Kier alpha value is -6.44. The fourth-order valence-electron chi connectivity index (χ4n) is 8.93. The van der Waals surface area contributed by atoms with E-state index in [4.69, 9.17) is 24.7 Å². The van der Waals surface area contributed by atoms with Crippen LogP contribution >= 0.6 is 0 Å². The predicted molar refractivity (Wildman–Crippen MR) is 223 cm³/mol. The number of ether oxygens (including phenoxy) is 4. The minimum Gasteiger partial charge on any atom is -0.454 e. The van der Waals surface area contributed by atoms with E-state index in [1.807, 2.05) is 29.2 Å². The molecule has 60 heavy (non-hydrogen) atoms. The average molecular weight is 810 g/mol. The van der Waals surface area contributed by atoms with Gasteiger partial charge in [-0.1, -0.05) is 36.4 Å². The molecule has 4 aliphatic heterocycles. The van der Waals surface area contributed by atoms with Gasteiger partial charge in [-0.25, -0.2) is 0 Å². The molecular formula is C47H47N5O8. The van der Waals surface area contributed by atoms with E-state index in [1.165, 1.54) is 12.5 Å². The van der Waals surface area contributed by atoms with Crippen molar-refractivity contribution in [3.63, 3.8) is 0 Å². The largest absolute Gasteiger partial charge is 0.454 e. The number of nitrogens with zero attached hydrogens (tertiary/aromatic N) is 4. The van der Waals surface area contributed by atoms with E-state index in [0.29, 0.717) is 83.5 Å². The molecule has 1 aromatic heterocycles. The van der Waals surface area contributed by atoms with E-state index in [1.54, 1.807) is 53.4 Å². The summed E-state index contributed by atoms with van der Waals surface area (Å²) in [5, 5.41) is 0. The maximum atomic E-state index is 15.3. The third kappa shape index (κ3) is 7.85. The molecule has 13 heteroatoms. The quantitative estimate of drug-likeness (QED) is 0.133. The van der Waals surface area contributed by atoms with Crippen molar-refractivity contribution in [2.45, 2.75) is 58.3 Å². The number of hydrogen-bond acceptors (Lipinski definition) is 9. The van der Waals surface area contributed by atoms with Gasteiger partial charge in [-0.15, -0.1) is 0 Å². The molecule has 308 valence electrons. The number of hydrogen-bond donors (Lipinski definition) is 1. The van der Waals surface area contributed by atoms with E-state index < -0.39 is 11.9 Å². The van der Waals surface area contributed by atoms with Gasteiger partial charge in [0.1, 0.15) is 5.75 Å². The van der Waals surface area contributed by atoms with Crippen LogP contribution < -0.4 is 24.8 Å². The molecule has 5 aromatic rings. The lowest BCUT2D eigenvalue weighted by Gasteiger charge is -2.40. The summed E-state index contributed by atoms with van der Waals surface area (Å²) < 4.78 is 24.9. The Morgan fingerprint density at radius 1 is 0.833 bits per heavy atom. The van der Waals surface area contributed by atoms with Crippen LogP contribution in [0.5, 0.6) is 17.2 Å². The minimum absolute atomic E-state index is 0.0430. The summed E-state index contributed by atoms with van der Waals surface area (Å²) in [4.78, 5) is 60.3. The van der Waals surface area contributed by atoms with Crippen molar-refractivity contribution in [1.82, 2.24) is 14.4 Å². The number of rotatable bonds is 10. The van der Waals surface area contributed by atoms with Crippen LogP contribution in [0.2, 0.25) is 0 Å². The Bertz CT molecular complexity index is 2470. The Balaban J connectivity index is 1.13. The van der Waals surface area contributed by atoms with Gasteiger partial charge in [-0.3, -0.25) is 24.1 Å². The van der Waals surface area contributed by atoms with Crippen LogP contribution in [-0.4, -0.2) is 83.7 Å². The molecule has 0 aliphatic carbocycles. The predicted octanol–water partition coefficient (Wildman–Crippen LogP) is 5.99. The molecule has 4 aromatic carbocycles. The first-order valence-corrected chi connectivity index (χ1v) is 20.5. The van der Waals surface area contributed by atoms with Crippen LogP contribution in [0.1, 0.15) is 73.2 Å². The second kappa shape index (κ2) is 16.7. The van der Waals surface area contributed by atoms with Crippen molar-refractivity contribution >= 4 is 29.4 Å². The van der Waals surface area contributed by atoms with Gasteiger partial charge in [0, 0.05) is 73.9 Å². The monoisotopic (exact) mass is 809 g/mol. The zero-order valence-corrected chi connectivity index (χ0v) is 33.6. The van der Waals surface area contributed by atoms with Crippen molar-refractivity contribution in [1.29, 1.82) is 0 Å². The number of carbonyl (C=O) groups is 4. The summed E-state index contributed by atoms with van der Waals surface area (Å²) >= 11 is 0. The van der Waals surface area contributed by atoms with E-state index in [9.17, 15) is 9.59 Å². The van der Waals surface area contributed by atoms with Gasteiger partial charge in [0.15, 0.2) is 11.5 Å². The number of primary amides is 1. The number of fused-ring (bicyclic) bond motifs is 3. The summed E-state index contributed by atoms with van der Waals surface area (Å²) in [6.45, 7) is 6.31. The van der Waals surface area contributed by atoms with Gasteiger partial charge in [0.2, 0.25) is 12.7 Å². The van der Waals surface area contributed by atoms with Crippen LogP contribution in [0.15, 0.2) is 91.0 Å². The maximum absolute atomic E-state index is 15.3. The van der Waals surface area contributed by atoms with E-state index >= 15 is 9.59 Å². The zero-order valence-electron chi connectivity index (χ0n) is 33.6. The Morgan fingerprint density at radius 2 is 1.60 bits per heavy atom. The third-order valence-corrected chi connectivity index (χ3v) is 11.9. The first-order chi connectivity index (χ1) is 29.2. The van der Waals surface area contributed by atoms with Crippen molar-refractivity contribution < 1.29 is 38.1 Å². The smallest absolute Gasteiger partial charge is 0.308 e. The second-order valence-electron chi connectivity index (χ2n) is 15.8. The lowest BCUT2D eigenvalue weighted by molar-refractivity contribution is -0.131. The molecule has 4 aliphatic rings. The van der Waals surface area contributed by atoms with Gasteiger partial charge >= 0.3 is 5.97 Å². The topological polar surface area (TPSA) is 146 Å². The van der Waals surface area contributed by atoms with Gasteiger partial charge in [0.05, 0.1) is 30.9 Å². The number of esters is 1.